The molecule has 0 aliphatic carbocycles. The summed E-state index contributed by atoms with van der Waals surface area (Å²) < 4.78 is 1.99. The molecule has 2 aromatic rings. The van der Waals surface area contributed by atoms with Gasteiger partial charge in [0.25, 0.3) is 0 Å². The molecule has 1 heterocycles. The van der Waals surface area contributed by atoms with Crippen LogP contribution in [0.1, 0.15) is 42.1 Å². The molecule has 0 aliphatic rings. The van der Waals surface area contributed by atoms with Gasteiger partial charge in [0.2, 0.25) is 0 Å². The molecule has 0 unspecified atom stereocenters. The van der Waals surface area contributed by atoms with E-state index in [1.807, 2.05) is 4.68 Å². The monoisotopic (exact) mass is 244 g/mol. The maximum Gasteiger partial charge on any atom is 0.0715 e. The molecule has 0 aliphatic heterocycles. The van der Waals surface area contributed by atoms with E-state index in [0.717, 1.165) is 17.8 Å². The number of aliphatic hydroxyl groups excluding tert-OH is 1. The lowest BCUT2D eigenvalue weighted by Gasteiger charge is -2.12. The Morgan fingerprint density at radius 1 is 1.22 bits per heavy atom. The highest BCUT2D eigenvalue weighted by Crippen LogP contribution is 2.20. The average Bonchev–Trinajstić information content (AvgIpc) is 2.75. The maximum absolute atomic E-state index is 9.33. The minimum absolute atomic E-state index is 0.0570. The van der Waals surface area contributed by atoms with Gasteiger partial charge in [-0.3, -0.25) is 4.68 Å². The zero-order valence-electron chi connectivity index (χ0n) is 11.2. The first kappa shape index (κ1) is 12.8. The number of aliphatic hydroxyl groups is 1. The van der Waals surface area contributed by atoms with Crippen LogP contribution in [0, 0.1) is 6.92 Å². The van der Waals surface area contributed by atoms with Crippen LogP contribution in [0.2, 0.25) is 0 Å². The topological polar surface area (TPSA) is 38.0 Å². The summed E-state index contributed by atoms with van der Waals surface area (Å²) in [4.78, 5) is 0. The average molecular weight is 244 g/mol. The first-order valence-electron chi connectivity index (χ1n) is 6.32. The summed E-state index contributed by atoms with van der Waals surface area (Å²) in [6, 6.07) is 8.47. The molecule has 0 bridgehead atoms. The van der Waals surface area contributed by atoms with Crippen molar-refractivity contribution >= 4 is 0 Å². The number of hydrogen-bond acceptors (Lipinski definition) is 2. The highest BCUT2D eigenvalue weighted by atomic mass is 16.3. The zero-order chi connectivity index (χ0) is 13.1. The molecular formula is C15H20N2O. The Bertz CT molecular complexity index is 512. The van der Waals surface area contributed by atoms with Crippen LogP contribution < -0.4 is 0 Å². The van der Waals surface area contributed by atoms with Gasteiger partial charge in [-0.05, 0) is 18.4 Å². The molecule has 0 saturated carbocycles. The van der Waals surface area contributed by atoms with Gasteiger partial charge < -0.3 is 5.11 Å². The number of aryl methyl sites for hydroxylation is 1. The van der Waals surface area contributed by atoms with E-state index >= 15 is 0 Å². The number of benzene rings is 1. The molecule has 0 saturated heterocycles. The second-order valence-corrected chi connectivity index (χ2v) is 5.01. The summed E-state index contributed by atoms with van der Waals surface area (Å²) in [5.41, 5.74) is 4.55. The van der Waals surface area contributed by atoms with Gasteiger partial charge >= 0.3 is 0 Å². The summed E-state index contributed by atoms with van der Waals surface area (Å²) in [5, 5.41) is 13.7. The van der Waals surface area contributed by atoms with Crippen LogP contribution in [0.15, 0.2) is 30.5 Å². The molecule has 1 N–H and O–H groups in total. The van der Waals surface area contributed by atoms with Gasteiger partial charge in [-0.25, -0.2) is 0 Å². The molecule has 0 radical (unpaired) electrons. The van der Waals surface area contributed by atoms with Crippen molar-refractivity contribution in [3.63, 3.8) is 0 Å². The minimum atomic E-state index is 0.0570. The molecule has 3 nitrogen and oxygen atoms in total. The first-order valence-corrected chi connectivity index (χ1v) is 6.32. The smallest absolute Gasteiger partial charge is 0.0715 e. The van der Waals surface area contributed by atoms with Crippen LogP contribution >= 0.6 is 0 Å². The predicted octanol–water partition coefficient (Wildman–Crippen LogP) is 2.86. The van der Waals surface area contributed by atoms with E-state index < -0.39 is 0 Å². The molecule has 2 rings (SSSR count). The lowest BCUT2D eigenvalue weighted by molar-refractivity contribution is 0.279. The third kappa shape index (κ3) is 2.62. The molecule has 3 heteroatoms. The summed E-state index contributed by atoms with van der Waals surface area (Å²) in [5.74, 6) is 0.361. The number of aromatic nitrogens is 2. The van der Waals surface area contributed by atoms with Crippen molar-refractivity contribution in [3.8, 4) is 0 Å². The van der Waals surface area contributed by atoms with Crippen molar-refractivity contribution in [1.82, 2.24) is 9.78 Å². The largest absolute Gasteiger partial charge is 0.392 e. The fraction of sp³-hybridized carbons (Fsp3) is 0.400. The number of nitrogens with zero attached hydrogens (tertiary/aromatic N) is 2. The zero-order valence-corrected chi connectivity index (χ0v) is 11.2. The van der Waals surface area contributed by atoms with Gasteiger partial charge in [0.1, 0.15) is 0 Å². The van der Waals surface area contributed by atoms with E-state index in [1.54, 1.807) is 6.20 Å². The molecule has 0 atom stereocenters. The Kier molecular flexibility index (Phi) is 3.82. The van der Waals surface area contributed by atoms with Gasteiger partial charge in [0, 0.05) is 11.3 Å². The summed E-state index contributed by atoms with van der Waals surface area (Å²) in [7, 11) is 0. The van der Waals surface area contributed by atoms with E-state index in [0.29, 0.717) is 5.92 Å². The van der Waals surface area contributed by atoms with Crippen molar-refractivity contribution in [2.45, 2.75) is 39.8 Å². The summed E-state index contributed by atoms with van der Waals surface area (Å²) in [6.45, 7) is 7.15. The number of rotatable bonds is 4. The van der Waals surface area contributed by atoms with Crippen LogP contribution in [0.3, 0.4) is 0 Å². The SMILES string of the molecule is Cc1ccc(Cn2ncc(CO)c2C(C)C)cc1. The van der Waals surface area contributed by atoms with E-state index in [2.05, 4.69) is 50.1 Å². The molecule has 1 aromatic carbocycles. The van der Waals surface area contributed by atoms with Crippen LogP contribution in [-0.4, -0.2) is 14.9 Å². The second-order valence-electron chi connectivity index (χ2n) is 5.01. The van der Waals surface area contributed by atoms with Crippen molar-refractivity contribution in [2.24, 2.45) is 0 Å². The van der Waals surface area contributed by atoms with Crippen molar-refractivity contribution in [2.75, 3.05) is 0 Å². The highest BCUT2D eigenvalue weighted by Gasteiger charge is 2.13. The molecule has 96 valence electrons. The first-order chi connectivity index (χ1) is 8.61. The molecular weight excluding hydrogens is 224 g/mol. The van der Waals surface area contributed by atoms with Gasteiger partial charge in [-0.2, -0.15) is 5.10 Å². The normalized spacial score (nSPS) is 11.2. The Hall–Kier alpha value is -1.61. The van der Waals surface area contributed by atoms with Crippen LogP contribution in [0.25, 0.3) is 0 Å². The number of hydrogen-bond donors (Lipinski definition) is 1. The van der Waals surface area contributed by atoms with Crippen LogP contribution in [0.5, 0.6) is 0 Å². The molecule has 0 fully saturated rings. The highest BCUT2D eigenvalue weighted by molar-refractivity contribution is 5.24. The van der Waals surface area contributed by atoms with Gasteiger partial charge in [-0.1, -0.05) is 43.7 Å². The van der Waals surface area contributed by atoms with Crippen molar-refractivity contribution in [1.29, 1.82) is 0 Å². The lowest BCUT2D eigenvalue weighted by Crippen LogP contribution is -2.09. The molecule has 1 aromatic heterocycles. The quantitative estimate of drug-likeness (QED) is 0.898. The van der Waals surface area contributed by atoms with Gasteiger partial charge in [0.05, 0.1) is 19.3 Å². The fourth-order valence-corrected chi connectivity index (χ4v) is 2.22. The van der Waals surface area contributed by atoms with E-state index in [9.17, 15) is 5.11 Å². The summed E-state index contributed by atoms with van der Waals surface area (Å²) in [6.07, 6.45) is 1.77. The van der Waals surface area contributed by atoms with Crippen molar-refractivity contribution in [3.05, 3.63) is 52.8 Å². The van der Waals surface area contributed by atoms with Gasteiger partial charge in [-0.15, -0.1) is 0 Å². The molecule has 0 spiro atoms. The standard InChI is InChI=1S/C15H20N2O/c1-11(2)15-14(10-18)8-16-17(15)9-13-6-4-12(3)5-7-13/h4-8,11,18H,9-10H2,1-3H3. The van der Waals surface area contributed by atoms with Crippen molar-refractivity contribution < 1.29 is 5.11 Å². The minimum Gasteiger partial charge on any atom is -0.392 e. The third-order valence-electron chi connectivity index (χ3n) is 3.13. The molecule has 0 amide bonds. The summed E-state index contributed by atoms with van der Waals surface area (Å²) >= 11 is 0. The van der Waals surface area contributed by atoms with Crippen LogP contribution in [-0.2, 0) is 13.2 Å². The lowest BCUT2D eigenvalue weighted by atomic mass is 10.1. The Balaban J connectivity index is 2.28. The Morgan fingerprint density at radius 3 is 2.44 bits per heavy atom. The predicted molar refractivity (Wildman–Crippen MR) is 72.5 cm³/mol. The van der Waals surface area contributed by atoms with E-state index in [1.165, 1.54) is 11.1 Å². The third-order valence-corrected chi connectivity index (χ3v) is 3.13. The second kappa shape index (κ2) is 5.36. The van der Waals surface area contributed by atoms with Crippen LogP contribution in [0.4, 0.5) is 0 Å². The Labute approximate surface area is 108 Å². The molecule has 18 heavy (non-hydrogen) atoms. The van der Waals surface area contributed by atoms with E-state index in [-0.39, 0.29) is 6.61 Å². The fourth-order valence-electron chi connectivity index (χ4n) is 2.22. The Morgan fingerprint density at radius 2 is 1.89 bits per heavy atom. The van der Waals surface area contributed by atoms with Gasteiger partial charge in [0.15, 0.2) is 0 Å². The maximum atomic E-state index is 9.33. The van der Waals surface area contributed by atoms with E-state index in [4.69, 9.17) is 0 Å².